The Morgan fingerprint density at radius 3 is 3.00 bits per heavy atom. The second-order valence-corrected chi connectivity index (χ2v) is 4.33. The number of rotatable bonds is 1. The molecule has 1 atom stereocenters. The van der Waals surface area contributed by atoms with Crippen LogP contribution in [0.3, 0.4) is 0 Å². The first-order valence-electron chi connectivity index (χ1n) is 5.74. The van der Waals surface area contributed by atoms with Crippen molar-refractivity contribution in [1.82, 2.24) is 10.3 Å². The van der Waals surface area contributed by atoms with Gasteiger partial charge in [0.15, 0.2) is 0 Å². The Balaban J connectivity index is 1.95. The highest BCUT2D eigenvalue weighted by Gasteiger charge is 2.14. The minimum atomic E-state index is 0.562. The Hall–Kier alpha value is -1.28. The van der Waals surface area contributed by atoms with E-state index in [1.54, 1.807) is 0 Å². The molecule has 2 heteroatoms. The fourth-order valence-electron chi connectivity index (χ4n) is 2.42. The van der Waals surface area contributed by atoms with Gasteiger partial charge >= 0.3 is 0 Å². The van der Waals surface area contributed by atoms with Gasteiger partial charge in [0.2, 0.25) is 0 Å². The van der Waals surface area contributed by atoms with Gasteiger partial charge in [-0.25, -0.2) is 0 Å². The van der Waals surface area contributed by atoms with Crippen LogP contribution in [-0.2, 0) is 0 Å². The van der Waals surface area contributed by atoms with Gasteiger partial charge < -0.3 is 10.3 Å². The van der Waals surface area contributed by atoms with E-state index in [4.69, 9.17) is 0 Å². The van der Waals surface area contributed by atoms with Gasteiger partial charge in [-0.15, -0.1) is 0 Å². The third-order valence-corrected chi connectivity index (χ3v) is 3.29. The van der Waals surface area contributed by atoms with E-state index in [1.165, 1.54) is 35.7 Å². The molecule has 1 aromatic heterocycles. The topological polar surface area (TPSA) is 27.8 Å². The van der Waals surface area contributed by atoms with E-state index in [0.29, 0.717) is 6.04 Å². The predicted molar refractivity (Wildman–Crippen MR) is 62.9 cm³/mol. The summed E-state index contributed by atoms with van der Waals surface area (Å²) in [6.07, 6.45) is 5.94. The number of fused-ring (bicyclic) bond motifs is 1. The number of benzene rings is 1. The minimum absolute atomic E-state index is 0.562. The van der Waals surface area contributed by atoms with E-state index in [0.717, 1.165) is 6.54 Å². The zero-order valence-corrected chi connectivity index (χ0v) is 8.79. The van der Waals surface area contributed by atoms with Gasteiger partial charge in [0.1, 0.15) is 0 Å². The lowest BCUT2D eigenvalue weighted by Crippen LogP contribution is -2.26. The number of hydrogen-bond acceptors (Lipinski definition) is 1. The van der Waals surface area contributed by atoms with Crippen LogP contribution in [0.2, 0.25) is 0 Å². The largest absolute Gasteiger partial charge is 0.361 e. The van der Waals surface area contributed by atoms with E-state index in [-0.39, 0.29) is 0 Å². The Morgan fingerprint density at radius 1 is 1.13 bits per heavy atom. The standard InChI is InChI=1S/C13H16N2/c1-2-7-14-12(3-1)11-5-4-10-6-8-15-13(10)9-11/h4-6,8-9,12,14-15H,1-3,7H2. The van der Waals surface area contributed by atoms with Crippen LogP contribution in [0.25, 0.3) is 10.9 Å². The van der Waals surface area contributed by atoms with E-state index in [1.807, 2.05) is 6.20 Å². The van der Waals surface area contributed by atoms with Crippen molar-refractivity contribution in [2.75, 3.05) is 6.54 Å². The van der Waals surface area contributed by atoms with E-state index in [2.05, 4.69) is 34.6 Å². The summed E-state index contributed by atoms with van der Waals surface area (Å²) in [5, 5.41) is 4.88. The molecule has 1 aliphatic rings. The van der Waals surface area contributed by atoms with E-state index in [9.17, 15) is 0 Å². The van der Waals surface area contributed by atoms with Crippen LogP contribution in [0.4, 0.5) is 0 Å². The molecule has 15 heavy (non-hydrogen) atoms. The normalized spacial score (nSPS) is 22.0. The Kier molecular flexibility index (Phi) is 2.22. The van der Waals surface area contributed by atoms with Crippen molar-refractivity contribution in [3.8, 4) is 0 Å². The molecule has 1 fully saturated rings. The van der Waals surface area contributed by atoms with Gasteiger partial charge in [0.25, 0.3) is 0 Å². The molecule has 2 aromatic rings. The molecule has 0 amide bonds. The van der Waals surface area contributed by atoms with Crippen LogP contribution in [0.1, 0.15) is 30.9 Å². The highest BCUT2D eigenvalue weighted by atomic mass is 14.9. The number of aromatic nitrogens is 1. The molecule has 78 valence electrons. The minimum Gasteiger partial charge on any atom is -0.361 e. The summed E-state index contributed by atoms with van der Waals surface area (Å²) >= 11 is 0. The summed E-state index contributed by atoms with van der Waals surface area (Å²) in [7, 11) is 0. The van der Waals surface area contributed by atoms with Gasteiger partial charge in [0.05, 0.1) is 0 Å². The Labute approximate surface area is 89.7 Å². The average Bonchev–Trinajstić information content (AvgIpc) is 2.77. The fourth-order valence-corrected chi connectivity index (χ4v) is 2.42. The Morgan fingerprint density at radius 2 is 2.13 bits per heavy atom. The second-order valence-electron chi connectivity index (χ2n) is 4.33. The lowest BCUT2D eigenvalue weighted by molar-refractivity contribution is 0.412. The smallest absolute Gasteiger partial charge is 0.0457 e. The molecule has 2 heterocycles. The zero-order chi connectivity index (χ0) is 10.1. The highest BCUT2D eigenvalue weighted by Crippen LogP contribution is 2.25. The molecule has 0 bridgehead atoms. The lowest BCUT2D eigenvalue weighted by atomic mass is 9.97. The lowest BCUT2D eigenvalue weighted by Gasteiger charge is -2.23. The number of H-pyrrole nitrogens is 1. The molecule has 2 nitrogen and oxygen atoms in total. The van der Waals surface area contributed by atoms with Crippen molar-refractivity contribution >= 4 is 10.9 Å². The quantitative estimate of drug-likeness (QED) is 0.727. The SMILES string of the molecule is c1cc2ccc(C3CCCCN3)cc2[nH]1. The molecule has 0 aliphatic carbocycles. The van der Waals surface area contributed by atoms with Crippen LogP contribution < -0.4 is 5.32 Å². The summed E-state index contributed by atoms with van der Waals surface area (Å²) in [6, 6.07) is 9.41. The van der Waals surface area contributed by atoms with Gasteiger partial charge in [-0.05, 0) is 42.5 Å². The van der Waals surface area contributed by atoms with Gasteiger partial charge in [-0.3, -0.25) is 0 Å². The molecule has 2 N–H and O–H groups in total. The summed E-state index contributed by atoms with van der Waals surface area (Å²) in [5.41, 5.74) is 2.67. The molecule has 1 saturated heterocycles. The molecular formula is C13H16N2. The summed E-state index contributed by atoms with van der Waals surface area (Å²) in [4.78, 5) is 3.27. The molecule has 3 rings (SSSR count). The summed E-state index contributed by atoms with van der Waals surface area (Å²) in [5.74, 6) is 0. The monoisotopic (exact) mass is 200 g/mol. The number of nitrogens with one attached hydrogen (secondary N) is 2. The van der Waals surface area contributed by atoms with Crippen LogP contribution >= 0.6 is 0 Å². The number of aromatic amines is 1. The van der Waals surface area contributed by atoms with Crippen LogP contribution in [0.5, 0.6) is 0 Å². The van der Waals surface area contributed by atoms with Crippen LogP contribution in [-0.4, -0.2) is 11.5 Å². The van der Waals surface area contributed by atoms with Crippen molar-refractivity contribution in [3.05, 3.63) is 36.0 Å². The number of hydrogen-bond donors (Lipinski definition) is 2. The van der Waals surface area contributed by atoms with Gasteiger partial charge in [-0.1, -0.05) is 18.6 Å². The van der Waals surface area contributed by atoms with Crippen molar-refractivity contribution in [2.45, 2.75) is 25.3 Å². The first-order valence-corrected chi connectivity index (χ1v) is 5.74. The maximum Gasteiger partial charge on any atom is 0.0457 e. The molecule has 1 aliphatic heterocycles. The maximum atomic E-state index is 3.58. The van der Waals surface area contributed by atoms with Crippen molar-refractivity contribution in [2.24, 2.45) is 0 Å². The van der Waals surface area contributed by atoms with Crippen molar-refractivity contribution in [3.63, 3.8) is 0 Å². The Bertz CT molecular complexity index is 452. The summed E-state index contributed by atoms with van der Waals surface area (Å²) < 4.78 is 0. The first kappa shape index (κ1) is 8.98. The maximum absolute atomic E-state index is 3.58. The fraction of sp³-hybridized carbons (Fsp3) is 0.385. The van der Waals surface area contributed by atoms with Crippen molar-refractivity contribution in [1.29, 1.82) is 0 Å². The average molecular weight is 200 g/mol. The molecular weight excluding hydrogens is 184 g/mol. The molecule has 1 aromatic carbocycles. The molecule has 1 unspecified atom stereocenters. The van der Waals surface area contributed by atoms with Gasteiger partial charge in [0, 0.05) is 17.8 Å². The van der Waals surface area contributed by atoms with Crippen molar-refractivity contribution < 1.29 is 0 Å². The summed E-state index contributed by atoms with van der Waals surface area (Å²) in [6.45, 7) is 1.16. The predicted octanol–water partition coefficient (Wildman–Crippen LogP) is 2.98. The molecule has 0 radical (unpaired) electrons. The highest BCUT2D eigenvalue weighted by molar-refractivity contribution is 5.79. The third kappa shape index (κ3) is 1.65. The molecule has 0 spiro atoms. The van der Waals surface area contributed by atoms with Gasteiger partial charge in [-0.2, -0.15) is 0 Å². The zero-order valence-electron chi connectivity index (χ0n) is 8.79. The van der Waals surface area contributed by atoms with Crippen LogP contribution in [0, 0.1) is 0 Å². The third-order valence-electron chi connectivity index (χ3n) is 3.29. The van der Waals surface area contributed by atoms with Crippen LogP contribution in [0.15, 0.2) is 30.5 Å². The molecule has 0 saturated carbocycles. The number of piperidine rings is 1. The van der Waals surface area contributed by atoms with E-state index < -0.39 is 0 Å². The van der Waals surface area contributed by atoms with E-state index >= 15 is 0 Å². The second kappa shape index (κ2) is 3.70. The first-order chi connectivity index (χ1) is 7.43.